The fourth-order valence-electron chi connectivity index (χ4n) is 1.59. The molecule has 15 heavy (non-hydrogen) atoms. The second-order valence-electron chi connectivity index (χ2n) is 4.09. The molecule has 0 saturated heterocycles. The van der Waals surface area contributed by atoms with Crippen LogP contribution in [0.25, 0.3) is 0 Å². The van der Waals surface area contributed by atoms with Crippen molar-refractivity contribution in [1.82, 2.24) is 4.90 Å². The Morgan fingerprint density at radius 2 is 2.20 bits per heavy atom. The van der Waals surface area contributed by atoms with Gasteiger partial charge in [-0.05, 0) is 30.7 Å². The number of rotatable bonds is 5. The van der Waals surface area contributed by atoms with Gasteiger partial charge in [0.25, 0.3) is 0 Å². The third-order valence-electron chi connectivity index (χ3n) is 2.23. The van der Waals surface area contributed by atoms with E-state index in [-0.39, 0.29) is 5.82 Å². The molecule has 84 valence electrons. The number of nitrogens with zero attached hydrogens (tertiary/aromatic N) is 1. The van der Waals surface area contributed by atoms with Crippen LogP contribution >= 0.6 is 15.9 Å². The summed E-state index contributed by atoms with van der Waals surface area (Å²) in [5.41, 5.74) is 1.03. The van der Waals surface area contributed by atoms with E-state index < -0.39 is 0 Å². The Morgan fingerprint density at radius 1 is 1.47 bits per heavy atom. The predicted octanol–water partition coefficient (Wildman–Crippen LogP) is 3.29. The van der Waals surface area contributed by atoms with Gasteiger partial charge in [0.05, 0.1) is 0 Å². The highest BCUT2D eigenvalue weighted by Crippen LogP contribution is 2.08. The lowest BCUT2D eigenvalue weighted by molar-refractivity contribution is 0.291. The van der Waals surface area contributed by atoms with Gasteiger partial charge >= 0.3 is 0 Å². The van der Waals surface area contributed by atoms with Crippen LogP contribution in [0.4, 0.5) is 4.39 Å². The van der Waals surface area contributed by atoms with Crippen molar-refractivity contribution in [3.8, 4) is 0 Å². The van der Waals surface area contributed by atoms with Crippen molar-refractivity contribution in [3.05, 3.63) is 35.6 Å². The van der Waals surface area contributed by atoms with E-state index in [0.717, 1.165) is 24.0 Å². The zero-order valence-electron chi connectivity index (χ0n) is 9.21. The van der Waals surface area contributed by atoms with Gasteiger partial charge in [-0.3, -0.25) is 0 Å². The fraction of sp³-hybridized carbons (Fsp3) is 0.500. The molecule has 1 unspecified atom stereocenters. The van der Waals surface area contributed by atoms with Crippen LogP contribution in [0.2, 0.25) is 0 Å². The molecule has 0 spiro atoms. The van der Waals surface area contributed by atoms with Gasteiger partial charge in [0.1, 0.15) is 5.82 Å². The molecule has 1 atom stereocenters. The third kappa shape index (κ3) is 4.76. The van der Waals surface area contributed by atoms with Crippen LogP contribution in [-0.4, -0.2) is 23.8 Å². The van der Waals surface area contributed by atoms with Gasteiger partial charge in [0.2, 0.25) is 0 Å². The van der Waals surface area contributed by atoms with E-state index in [2.05, 4.69) is 34.8 Å². The van der Waals surface area contributed by atoms with E-state index in [0.29, 0.717) is 5.92 Å². The first-order valence-corrected chi connectivity index (χ1v) is 6.23. The van der Waals surface area contributed by atoms with E-state index in [9.17, 15) is 4.39 Å². The van der Waals surface area contributed by atoms with Gasteiger partial charge in [-0.1, -0.05) is 35.0 Å². The van der Waals surface area contributed by atoms with Crippen LogP contribution < -0.4 is 0 Å². The first-order chi connectivity index (χ1) is 7.11. The maximum Gasteiger partial charge on any atom is 0.123 e. The summed E-state index contributed by atoms with van der Waals surface area (Å²) in [4.78, 5) is 2.21. The molecule has 1 aromatic carbocycles. The molecule has 0 aliphatic heterocycles. The van der Waals surface area contributed by atoms with Crippen LogP contribution in [0.3, 0.4) is 0 Å². The number of halogens is 2. The number of alkyl halides is 1. The molecule has 0 radical (unpaired) electrons. The Balaban J connectivity index is 2.47. The molecular weight excluding hydrogens is 257 g/mol. The summed E-state index contributed by atoms with van der Waals surface area (Å²) in [6.07, 6.45) is 0. The van der Waals surface area contributed by atoms with E-state index in [4.69, 9.17) is 0 Å². The molecule has 1 nitrogen and oxygen atoms in total. The van der Waals surface area contributed by atoms with Crippen molar-refractivity contribution < 1.29 is 4.39 Å². The molecule has 0 aliphatic rings. The van der Waals surface area contributed by atoms with Gasteiger partial charge in [0, 0.05) is 18.4 Å². The van der Waals surface area contributed by atoms with Crippen LogP contribution in [0, 0.1) is 11.7 Å². The summed E-state index contributed by atoms with van der Waals surface area (Å²) in [5, 5.41) is 1.00. The lowest BCUT2D eigenvalue weighted by Crippen LogP contribution is -2.24. The van der Waals surface area contributed by atoms with Crippen molar-refractivity contribution in [3.63, 3.8) is 0 Å². The smallest absolute Gasteiger partial charge is 0.123 e. The van der Waals surface area contributed by atoms with Gasteiger partial charge in [-0.15, -0.1) is 0 Å². The van der Waals surface area contributed by atoms with Crippen molar-refractivity contribution in [2.75, 3.05) is 18.9 Å². The van der Waals surface area contributed by atoms with Crippen LogP contribution in [0.5, 0.6) is 0 Å². The highest BCUT2D eigenvalue weighted by atomic mass is 79.9. The van der Waals surface area contributed by atoms with Crippen LogP contribution in [-0.2, 0) is 6.54 Å². The summed E-state index contributed by atoms with van der Waals surface area (Å²) >= 11 is 3.45. The Labute approximate surface area is 99.4 Å². The third-order valence-corrected chi connectivity index (χ3v) is 3.33. The van der Waals surface area contributed by atoms with Gasteiger partial charge < -0.3 is 4.90 Å². The quantitative estimate of drug-likeness (QED) is 0.745. The Hall–Kier alpha value is -0.410. The molecule has 3 heteroatoms. The Kier molecular flexibility index (Phi) is 5.26. The lowest BCUT2D eigenvalue weighted by atomic mass is 10.1. The average molecular weight is 274 g/mol. The van der Waals surface area contributed by atoms with Gasteiger partial charge in [0.15, 0.2) is 0 Å². The zero-order valence-corrected chi connectivity index (χ0v) is 10.8. The molecule has 0 bridgehead atoms. The summed E-state index contributed by atoms with van der Waals surface area (Å²) in [6, 6.07) is 6.78. The van der Waals surface area contributed by atoms with Crippen molar-refractivity contribution >= 4 is 15.9 Å². The Bertz CT molecular complexity index is 303. The van der Waals surface area contributed by atoms with Crippen molar-refractivity contribution in [2.45, 2.75) is 13.5 Å². The van der Waals surface area contributed by atoms with Gasteiger partial charge in [-0.2, -0.15) is 0 Å². The minimum atomic E-state index is -0.158. The number of benzene rings is 1. The molecular formula is C12H17BrFN. The second kappa shape index (κ2) is 6.23. The monoisotopic (exact) mass is 273 g/mol. The predicted molar refractivity (Wildman–Crippen MR) is 65.7 cm³/mol. The molecule has 0 aliphatic carbocycles. The SMILES string of the molecule is CC(CBr)CN(C)Cc1cccc(F)c1. The molecule has 0 heterocycles. The molecule has 0 N–H and O–H groups in total. The van der Waals surface area contributed by atoms with E-state index in [1.807, 2.05) is 6.07 Å². The molecule has 1 rings (SSSR count). The van der Waals surface area contributed by atoms with Gasteiger partial charge in [-0.25, -0.2) is 4.39 Å². The molecule has 0 aromatic heterocycles. The summed E-state index contributed by atoms with van der Waals surface area (Å²) in [7, 11) is 2.06. The molecule has 0 fully saturated rings. The first kappa shape index (κ1) is 12.7. The van der Waals surface area contributed by atoms with E-state index >= 15 is 0 Å². The maximum atomic E-state index is 12.9. The minimum Gasteiger partial charge on any atom is -0.302 e. The number of hydrogen-bond donors (Lipinski definition) is 0. The van der Waals surface area contributed by atoms with Crippen molar-refractivity contribution in [2.24, 2.45) is 5.92 Å². The lowest BCUT2D eigenvalue weighted by Gasteiger charge is -2.19. The topological polar surface area (TPSA) is 3.24 Å². The average Bonchev–Trinajstić information content (AvgIpc) is 2.17. The first-order valence-electron chi connectivity index (χ1n) is 5.10. The van der Waals surface area contributed by atoms with E-state index in [1.54, 1.807) is 12.1 Å². The molecule has 0 amide bonds. The maximum absolute atomic E-state index is 12.9. The second-order valence-corrected chi connectivity index (χ2v) is 4.73. The minimum absolute atomic E-state index is 0.158. The highest BCUT2D eigenvalue weighted by molar-refractivity contribution is 9.09. The van der Waals surface area contributed by atoms with Crippen LogP contribution in [0.1, 0.15) is 12.5 Å². The van der Waals surface area contributed by atoms with Crippen molar-refractivity contribution in [1.29, 1.82) is 0 Å². The molecule has 1 aromatic rings. The zero-order chi connectivity index (χ0) is 11.3. The Morgan fingerprint density at radius 3 is 2.80 bits per heavy atom. The normalized spacial score (nSPS) is 13.1. The number of hydrogen-bond acceptors (Lipinski definition) is 1. The van der Waals surface area contributed by atoms with Crippen LogP contribution in [0.15, 0.2) is 24.3 Å². The standard InChI is InChI=1S/C12H17BrFN/c1-10(7-13)8-15(2)9-11-4-3-5-12(14)6-11/h3-6,10H,7-9H2,1-2H3. The van der Waals surface area contributed by atoms with E-state index in [1.165, 1.54) is 6.07 Å². The fourth-order valence-corrected chi connectivity index (χ4v) is 1.80. The summed E-state index contributed by atoms with van der Waals surface area (Å²) < 4.78 is 12.9. The highest BCUT2D eigenvalue weighted by Gasteiger charge is 2.05. The largest absolute Gasteiger partial charge is 0.302 e. The molecule has 0 saturated carbocycles. The summed E-state index contributed by atoms with van der Waals surface area (Å²) in [5.74, 6) is 0.456. The summed E-state index contributed by atoms with van der Waals surface area (Å²) in [6.45, 7) is 4.01.